The second-order valence-corrected chi connectivity index (χ2v) is 8.85. The lowest BCUT2D eigenvalue weighted by Crippen LogP contribution is -2.37. The fraction of sp³-hybridized carbons (Fsp3) is 0.269. The fourth-order valence-electron chi connectivity index (χ4n) is 4.96. The first-order valence-corrected chi connectivity index (χ1v) is 11.9. The molecule has 5 aromatic rings. The van der Waals surface area contributed by atoms with E-state index in [1.165, 1.54) is 6.07 Å². The highest BCUT2D eigenvalue weighted by atomic mass is 19.1. The third-order valence-electron chi connectivity index (χ3n) is 6.72. The first-order chi connectivity index (χ1) is 17.5. The number of carbonyl (C=O) groups excluding carboxylic acids is 1. The van der Waals surface area contributed by atoms with Crippen LogP contribution in [0, 0.1) is 5.82 Å². The molecule has 0 aliphatic carbocycles. The number of hydrogen-bond acceptors (Lipinski definition) is 5. The molecule has 1 aliphatic heterocycles. The lowest BCUT2D eigenvalue weighted by Gasteiger charge is -2.28. The SMILES string of the molecule is Cn1c2ccccc2n2c3nc(N4CCOCC4)c(F)cc3c(=O)c(C(=O)NCCn3cccc3)c12. The maximum Gasteiger partial charge on any atom is 0.259 e. The summed E-state index contributed by atoms with van der Waals surface area (Å²) in [6.07, 6.45) is 3.80. The number of carbonyl (C=O) groups is 1. The number of ether oxygens (including phenoxy) is 1. The Labute approximate surface area is 205 Å². The van der Waals surface area contributed by atoms with Gasteiger partial charge in [0.1, 0.15) is 11.2 Å². The monoisotopic (exact) mass is 488 g/mol. The van der Waals surface area contributed by atoms with Crippen molar-refractivity contribution in [2.45, 2.75) is 6.54 Å². The summed E-state index contributed by atoms with van der Waals surface area (Å²) in [7, 11) is 1.81. The Morgan fingerprint density at radius 3 is 2.58 bits per heavy atom. The van der Waals surface area contributed by atoms with Gasteiger partial charge in [-0.3, -0.25) is 14.0 Å². The number of anilines is 1. The van der Waals surface area contributed by atoms with Crippen LogP contribution in [0.1, 0.15) is 10.4 Å². The fourth-order valence-corrected chi connectivity index (χ4v) is 4.96. The summed E-state index contributed by atoms with van der Waals surface area (Å²) >= 11 is 0. The van der Waals surface area contributed by atoms with Crippen LogP contribution >= 0.6 is 0 Å². The smallest absolute Gasteiger partial charge is 0.259 e. The number of imidazole rings is 1. The van der Waals surface area contributed by atoms with Gasteiger partial charge in [0.2, 0.25) is 5.43 Å². The first kappa shape index (κ1) is 22.3. The highest BCUT2D eigenvalue weighted by Gasteiger charge is 2.26. The maximum atomic E-state index is 15.3. The minimum atomic E-state index is -0.597. The molecule has 0 bridgehead atoms. The van der Waals surface area contributed by atoms with Crippen molar-refractivity contribution in [3.63, 3.8) is 0 Å². The molecule has 36 heavy (non-hydrogen) atoms. The topological polar surface area (TPSA) is 85.8 Å². The maximum absolute atomic E-state index is 15.3. The number of aryl methyl sites for hydroxylation is 1. The van der Waals surface area contributed by atoms with Gasteiger partial charge < -0.3 is 24.1 Å². The molecule has 1 aromatic carbocycles. The Balaban J connectivity index is 1.57. The molecule has 5 heterocycles. The lowest BCUT2D eigenvalue weighted by atomic mass is 10.1. The van der Waals surface area contributed by atoms with E-state index in [9.17, 15) is 9.59 Å². The normalized spacial score (nSPS) is 14.2. The number of morpholine rings is 1. The summed E-state index contributed by atoms with van der Waals surface area (Å²) in [5, 5.41) is 2.93. The van der Waals surface area contributed by atoms with E-state index in [0.29, 0.717) is 50.7 Å². The van der Waals surface area contributed by atoms with Crippen LogP contribution in [0.25, 0.3) is 27.7 Å². The quantitative estimate of drug-likeness (QED) is 0.411. The van der Waals surface area contributed by atoms with Crippen LogP contribution < -0.4 is 15.6 Å². The van der Waals surface area contributed by atoms with Crippen LogP contribution in [0.2, 0.25) is 0 Å². The van der Waals surface area contributed by atoms with Crippen molar-refractivity contribution >= 4 is 39.4 Å². The largest absolute Gasteiger partial charge is 0.378 e. The molecule has 184 valence electrons. The molecule has 6 rings (SSSR count). The molecule has 1 amide bonds. The summed E-state index contributed by atoms with van der Waals surface area (Å²) < 4.78 is 26.2. The van der Waals surface area contributed by atoms with Crippen LogP contribution in [0.5, 0.6) is 0 Å². The molecule has 1 aliphatic rings. The van der Waals surface area contributed by atoms with E-state index in [-0.39, 0.29) is 16.8 Å². The molecule has 0 saturated carbocycles. The molecule has 10 heteroatoms. The van der Waals surface area contributed by atoms with Gasteiger partial charge in [-0.1, -0.05) is 12.1 Å². The number of halogens is 1. The summed E-state index contributed by atoms with van der Waals surface area (Å²) in [6.45, 7) is 2.86. The molecule has 1 N–H and O–H groups in total. The van der Waals surface area contributed by atoms with Crippen molar-refractivity contribution in [1.82, 2.24) is 23.8 Å². The van der Waals surface area contributed by atoms with Crippen molar-refractivity contribution in [2.75, 3.05) is 37.7 Å². The van der Waals surface area contributed by atoms with E-state index < -0.39 is 17.2 Å². The molecule has 9 nitrogen and oxygen atoms in total. The van der Waals surface area contributed by atoms with Gasteiger partial charge in [-0.05, 0) is 30.3 Å². The summed E-state index contributed by atoms with van der Waals surface area (Å²) in [5.41, 5.74) is 1.75. The van der Waals surface area contributed by atoms with E-state index >= 15 is 4.39 Å². The van der Waals surface area contributed by atoms with Gasteiger partial charge in [-0.2, -0.15) is 0 Å². The highest BCUT2D eigenvalue weighted by molar-refractivity contribution is 6.05. The zero-order valence-electron chi connectivity index (χ0n) is 19.8. The minimum Gasteiger partial charge on any atom is -0.378 e. The number of rotatable bonds is 5. The van der Waals surface area contributed by atoms with Gasteiger partial charge in [0.25, 0.3) is 5.91 Å². The third-order valence-corrected chi connectivity index (χ3v) is 6.72. The number of benzene rings is 1. The average molecular weight is 489 g/mol. The minimum absolute atomic E-state index is 0.0333. The number of hydrogen-bond donors (Lipinski definition) is 1. The van der Waals surface area contributed by atoms with Gasteiger partial charge in [0.05, 0.1) is 29.6 Å². The van der Waals surface area contributed by atoms with Crippen molar-refractivity contribution in [2.24, 2.45) is 7.05 Å². The van der Waals surface area contributed by atoms with Crippen molar-refractivity contribution < 1.29 is 13.9 Å². The second-order valence-electron chi connectivity index (χ2n) is 8.85. The zero-order valence-corrected chi connectivity index (χ0v) is 19.8. The number of nitrogens with one attached hydrogen (secondary N) is 1. The molecule has 0 atom stereocenters. The Kier molecular flexibility index (Phi) is 5.45. The molecular formula is C26H25FN6O3. The van der Waals surface area contributed by atoms with Crippen molar-refractivity contribution in [3.8, 4) is 0 Å². The number of pyridine rings is 2. The molecule has 4 aromatic heterocycles. The van der Waals surface area contributed by atoms with Crippen LogP contribution in [0.4, 0.5) is 10.2 Å². The Morgan fingerprint density at radius 2 is 1.83 bits per heavy atom. The Hall–Kier alpha value is -4.18. The predicted octanol–water partition coefficient (Wildman–Crippen LogP) is 2.55. The van der Waals surface area contributed by atoms with Crippen molar-refractivity contribution in [1.29, 1.82) is 0 Å². The van der Waals surface area contributed by atoms with Crippen LogP contribution in [0.15, 0.2) is 59.7 Å². The van der Waals surface area contributed by atoms with Crippen LogP contribution in [0.3, 0.4) is 0 Å². The van der Waals surface area contributed by atoms with E-state index in [1.807, 2.05) is 69.9 Å². The Morgan fingerprint density at radius 1 is 1.11 bits per heavy atom. The summed E-state index contributed by atoms with van der Waals surface area (Å²) in [4.78, 5) is 33.6. The first-order valence-electron chi connectivity index (χ1n) is 11.9. The molecule has 0 radical (unpaired) electrons. The van der Waals surface area contributed by atoms with E-state index in [2.05, 4.69) is 10.3 Å². The van der Waals surface area contributed by atoms with Crippen LogP contribution in [-0.4, -0.2) is 57.3 Å². The average Bonchev–Trinajstić information content (AvgIpc) is 3.51. The number of aromatic nitrogens is 4. The lowest BCUT2D eigenvalue weighted by molar-refractivity contribution is 0.0952. The number of fused-ring (bicyclic) bond motifs is 5. The number of nitrogens with zero attached hydrogens (tertiary/aromatic N) is 5. The molecule has 1 fully saturated rings. The van der Waals surface area contributed by atoms with Crippen LogP contribution in [-0.2, 0) is 18.3 Å². The van der Waals surface area contributed by atoms with E-state index in [0.717, 1.165) is 11.0 Å². The zero-order chi connectivity index (χ0) is 24.8. The molecular weight excluding hydrogens is 463 g/mol. The van der Waals surface area contributed by atoms with Gasteiger partial charge in [-0.25, -0.2) is 9.37 Å². The number of para-hydroxylation sites is 2. The predicted molar refractivity (Wildman–Crippen MR) is 135 cm³/mol. The van der Waals surface area contributed by atoms with Gasteiger partial charge in [0, 0.05) is 45.6 Å². The van der Waals surface area contributed by atoms with Crippen molar-refractivity contribution in [3.05, 3.63) is 76.5 Å². The highest BCUT2D eigenvalue weighted by Crippen LogP contribution is 2.28. The second kappa shape index (κ2) is 8.80. The van der Waals surface area contributed by atoms with E-state index in [4.69, 9.17) is 4.74 Å². The number of amides is 1. The standard InChI is InChI=1S/C26H25FN6O3/c1-30-19-6-2-3-7-20(19)33-23-17(16-18(27)24(29-23)32-12-14-36-15-13-32)22(34)21(26(30)33)25(35)28-8-11-31-9-4-5-10-31/h2-7,9-10,16H,8,11-15H2,1H3,(H,28,35). The van der Waals surface area contributed by atoms with E-state index in [1.54, 1.807) is 4.40 Å². The third kappa shape index (κ3) is 3.53. The summed E-state index contributed by atoms with van der Waals surface area (Å²) in [5.74, 6) is -0.924. The molecule has 1 saturated heterocycles. The summed E-state index contributed by atoms with van der Waals surface area (Å²) in [6, 6.07) is 12.6. The molecule has 0 spiro atoms. The Bertz CT molecular complexity index is 1660. The van der Waals surface area contributed by atoms with Gasteiger partial charge in [-0.15, -0.1) is 0 Å². The van der Waals surface area contributed by atoms with Gasteiger partial charge in [0.15, 0.2) is 17.3 Å². The van der Waals surface area contributed by atoms with Gasteiger partial charge >= 0.3 is 0 Å². The molecule has 0 unspecified atom stereocenters.